The minimum absolute atomic E-state index is 0.352. The first-order chi connectivity index (χ1) is 10.8. The summed E-state index contributed by atoms with van der Waals surface area (Å²) in [4.78, 5) is 38.2. The maximum absolute atomic E-state index is 13.2. The van der Waals surface area contributed by atoms with Crippen molar-refractivity contribution in [1.82, 2.24) is 10.2 Å². The van der Waals surface area contributed by atoms with Gasteiger partial charge in [0, 0.05) is 13.1 Å². The van der Waals surface area contributed by atoms with Gasteiger partial charge in [0.05, 0.1) is 18.9 Å². The fourth-order valence-electron chi connectivity index (χ4n) is 3.64. The topological polar surface area (TPSA) is 75.7 Å². The van der Waals surface area contributed by atoms with Gasteiger partial charge in [-0.15, -0.1) is 0 Å². The minimum Gasteiger partial charge on any atom is -0.468 e. The molecule has 2 fully saturated rings. The number of nitrogens with zero attached hydrogens (tertiary/aromatic N) is 1. The van der Waals surface area contributed by atoms with Gasteiger partial charge in [0.15, 0.2) is 0 Å². The lowest BCUT2D eigenvalue weighted by molar-refractivity contribution is -0.152. The minimum atomic E-state index is -1.31. The molecule has 1 N–H and O–H groups in total. The molecule has 0 unspecified atom stereocenters. The Bertz CT molecular complexity index is 690. The van der Waals surface area contributed by atoms with E-state index in [0.29, 0.717) is 5.56 Å². The van der Waals surface area contributed by atoms with E-state index in [-0.39, 0.29) is 5.91 Å². The molecule has 122 valence electrons. The van der Waals surface area contributed by atoms with E-state index in [0.717, 1.165) is 4.90 Å². The zero-order chi connectivity index (χ0) is 16.9. The van der Waals surface area contributed by atoms with Gasteiger partial charge in [-0.1, -0.05) is 12.1 Å². The van der Waals surface area contributed by atoms with Crippen LogP contribution in [-0.4, -0.2) is 42.4 Å². The quantitative estimate of drug-likeness (QED) is 0.639. The largest absolute Gasteiger partial charge is 0.468 e. The molecule has 3 rings (SSSR count). The van der Waals surface area contributed by atoms with Gasteiger partial charge in [-0.05, 0) is 24.6 Å². The Morgan fingerprint density at radius 2 is 1.87 bits per heavy atom. The molecule has 2 amide bonds. The van der Waals surface area contributed by atoms with Gasteiger partial charge in [0.2, 0.25) is 11.8 Å². The highest BCUT2D eigenvalue weighted by atomic mass is 19.1. The van der Waals surface area contributed by atoms with Crippen molar-refractivity contribution in [2.75, 3.05) is 14.2 Å². The molecule has 2 saturated heterocycles. The van der Waals surface area contributed by atoms with Gasteiger partial charge in [-0.3, -0.25) is 24.6 Å². The highest BCUT2D eigenvalue weighted by molar-refractivity contribution is 6.09. The Kier molecular flexibility index (Phi) is 3.48. The van der Waals surface area contributed by atoms with E-state index >= 15 is 0 Å². The zero-order valence-corrected chi connectivity index (χ0v) is 13.0. The number of imide groups is 1. The molecule has 0 spiro atoms. The second kappa shape index (κ2) is 5.13. The molecule has 2 heterocycles. The molecule has 0 radical (unpaired) electrons. The smallest absolute Gasteiger partial charge is 0.326 e. The summed E-state index contributed by atoms with van der Waals surface area (Å²) in [6.07, 6.45) is 0. The van der Waals surface area contributed by atoms with Crippen LogP contribution in [0.1, 0.15) is 18.5 Å². The number of hydrogen-bond donors (Lipinski definition) is 1. The standard InChI is InChI=1S/C16H17FN2O4/c1-16(15(22)23-3)11-10(13(20)19(2)14(11)21)12(18-16)8-4-6-9(17)7-5-8/h4-7,10-12,18H,1-3H3/t10-,11-,12-,16-/m0/s1. The van der Waals surface area contributed by atoms with Gasteiger partial charge < -0.3 is 4.74 Å². The molecular weight excluding hydrogens is 303 g/mol. The Hall–Kier alpha value is -2.28. The number of rotatable bonds is 2. The number of benzene rings is 1. The first-order valence-corrected chi connectivity index (χ1v) is 7.24. The Labute approximate surface area is 132 Å². The Morgan fingerprint density at radius 3 is 2.43 bits per heavy atom. The van der Waals surface area contributed by atoms with Crippen molar-refractivity contribution >= 4 is 17.8 Å². The molecule has 4 atom stereocenters. The van der Waals surface area contributed by atoms with Crippen LogP contribution < -0.4 is 5.32 Å². The van der Waals surface area contributed by atoms with E-state index in [4.69, 9.17) is 4.74 Å². The van der Waals surface area contributed by atoms with Crippen molar-refractivity contribution in [2.45, 2.75) is 18.5 Å². The van der Waals surface area contributed by atoms with Crippen molar-refractivity contribution in [1.29, 1.82) is 0 Å². The predicted molar refractivity (Wildman–Crippen MR) is 77.5 cm³/mol. The predicted octanol–water partition coefficient (Wildman–Crippen LogP) is 0.633. The molecule has 0 saturated carbocycles. The lowest BCUT2D eigenvalue weighted by Crippen LogP contribution is -2.53. The van der Waals surface area contributed by atoms with Crippen LogP contribution >= 0.6 is 0 Å². The fourth-order valence-corrected chi connectivity index (χ4v) is 3.64. The third kappa shape index (κ3) is 2.07. The van der Waals surface area contributed by atoms with E-state index in [1.807, 2.05) is 0 Å². The highest BCUT2D eigenvalue weighted by Crippen LogP contribution is 2.48. The van der Waals surface area contributed by atoms with Crippen LogP contribution in [0.4, 0.5) is 4.39 Å². The summed E-state index contributed by atoms with van der Waals surface area (Å²) in [5, 5.41) is 3.07. The van der Waals surface area contributed by atoms with Crippen LogP contribution in [0, 0.1) is 17.7 Å². The monoisotopic (exact) mass is 320 g/mol. The molecule has 23 heavy (non-hydrogen) atoms. The van der Waals surface area contributed by atoms with E-state index in [1.54, 1.807) is 19.1 Å². The fraction of sp³-hybridized carbons (Fsp3) is 0.438. The molecule has 0 aliphatic carbocycles. The maximum Gasteiger partial charge on any atom is 0.326 e. The van der Waals surface area contributed by atoms with Crippen molar-refractivity contribution in [2.24, 2.45) is 11.8 Å². The molecule has 2 aliphatic heterocycles. The van der Waals surface area contributed by atoms with Gasteiger partial charge >= 0.3 is 5.97 Å². The number of nitrogens with one attached hydrogen (secondary N) is 1. The van der Waals surface area contributed by atoms with E-state index in [9.17, 15) is 18.8 Å². The number of likely N-dealkylation sites (tertiary alicyclic amines) is 1. The third-order valence-corrected chi connectivity index (χ3v) is 4.85. The summed E-state index contributed by atoms with van der Waals surface area (Å²) in [7, 11) is 2.64. The second-order valence-electron chi connectivity index (χ2n) is 6.11. The molecule has 0 bridgehead atoms. The van der Waals surface area contributed by atoms with E-state index < -0.39 is 41.1 Å². The van der Waals surface area contributed by atoms with Crippen LogP contribution in [0.2, 0.25) is 0 Å². The average Bonchev–Trinajstić information content (AvgIpc) is 2.97. The summed E-state index contributed by atoms with van der Waals surface area (Å²) < 4.78 is 18.0. The number of halogens is 1. The maximum atomic E-state index is 13.2. The van der Waals surface area contributed by atoms with Crippen LogP contribution in [0.3, 0.4) is 0 Å². The molecule has 1 aromatic rings. The van der Waals surface area contributed by atoms with E-state index in [2.05, 4.69) is 5.32 Å². The number of esters is 1. The number of hydrogen-bond acceptors (Lipinski definition) is 5. The van der Waals surface area contributed by atoms with Gasteiger partial charge in [-0.25, -0.2) is 4.39 Å². The van der Waals surface area contributed by atoms with Crippen molar-refractivity contribution in [3.8, 4) is 0 Å². The number of ether oxygens (including phenoxy) is 1. The molecular formula is C16H17FN2O4. The lowest BCUT2D eigenvalue weighted by Gasteiger charge is -2.27. The lowest BCUT2D eigenvalue weighted by atomic mass is 9.80. The summed E-state index contributed by atoms with van der Waals surface area (Å²) in [5.74, 6) is -3.33. The third-order valence-electron chi connectivity index (χ3n) is 4.85. The molecule has 2 aliphatic rings. The van der Waals surface area contributed by atoms with Gasteiger partial charge in [0.1, 0.15) is 11.4 Å². The Balaban J connectivity index is 2.09. The normalized spacial score (nSPS) is 33.0. The second-order valence-corrected chi connectivity index (χ2v) is 6.11. The zero-order valence-electron chi connectivity index (χ0n) is 13.0. The number of carbonyl (C=O) groups is 3. The molecule has 7 heteroatoms. The van der Waals surface area contributed by atoms with Crippen LogP contribution in [-0.2, 0) is 19.1 Å². The highest BCUT2D eigenvalue weighted by Gasteiger charge is 2.66. The van der Waals surface area contributed by atoms with Gasteiger partial charge in [0.25, 0.3) is 0 Å². The number of amides is 2. The molecule has 6 nitrogen and oxygen atoms in total. The first-order valence-electron chi connectivity index (χ1n) is 7.24. The molecule has 0 aromatic heterocycles. The summed E-state index contributed by atoms with van der Waals surface area (Å²) in [6, 6.07) is 5.09. The van der Waals surface area contributed by atoms with Crippen molar-refractivity contribution < 1.29 is 23.5 Å². The summed E-state index contributed by atoms with van der Waals surface area (Å²) >= 11 is 0. The van der Waals surface area contributed by atoms with Crippen LogP contribution in [0.15, 0.2) is 24.3 Å². The van der Waals surface area contributed by atoms with Crippen LogP contribution in [0.25, 0.3) is 0 Å². The number of methoxy groups -OCH3 is 1. The summed E-state index contributed by atoms with van der Waals surface area (Å²) in [5.41, 5.74) is -0.666. The van der Waals surface area contributed by atoms with Gasteiger partial charge in [-0.2, -0.15) is 0 Å². The first kappa shape index (κ1) is 15.6. The summed E-state index contributed by atoms with van der Waals surface area (Å²) in [6.45, 7) is 1.56. The van der Waals surface area contributed by atoms with Crippen molar-refractivity contribution in [3.63, 3.8) is 0 Å². The average molecular weight is 320 g/mol. The number of fused-ring (bicyclic) bond motifs is 1. The molecule has 1 aromatic carbocycles. The number of carbonyl (C=O) groups excluding carboxylic acids is 3. The van der Waals surface area contributed by atoms with Crippen molar-refractivity contribution in [3.05, 3.63) is 35.6 Å². The Morgan fingerprint density at radius 1 is 1.26 bits per heavy atom. The SMILES string of the molecule is COC(=O)[C@@]1(C)N[C@@H](c2ccc(F)cc2)[C@H]2C(=O)N(C)C(=O)[C@H]21. The van der Waals surface area contributed by atoms with E-state index in [1.165, 1.54) is 26.3 Å². The van der Waals surface area contributed by atoms with Crippen LogP contribution in [0.5, 0.6) is 0 Å².